The van der Waals surface area contributed by atoms with Crippen LogP contribution in [0.5, 0.6) is 0 Å². The molecular formula is C18H27N5O2. The van der Waals surface area contributed by atoms with Crippen LogP contribution in [0.3, 0.4) is 0 Å². The third-order valence-electron chi connectivity index (χ3n) is 6.42. The summed E-state index contributed by atoms with van der Waals surface area (Å²) in [6, 6.07) is 0.126. The molecule has 7 nitrogen and oxygen atoms in total. The lowest BCUT2D eigenvalue weighted by atomic mass is 9.53. The van der Waals surface area contributed by atoms with E-state index < -0.39 is 0 Å². The van der Waals surface area contributed by atoms with Crippen LogP contribution in [0.4, 0.5) is 17.3 Å². The van der Waals surface area contributed by atoms with Gasteiger partial charge in [-0.05, 0) is 69.6 Å². The number of nitro groups is 1. The second-order valence-electron chi connectivity index (χ2n) is 8.45. The van der Waals surface area contributed by atoms with Crippen molar-refractivity contribution < 1.29 is 4.92 Å². The van der Waals surface area contributed by atoms with Gasteiger partial charge in [-0.25, -0.2) is 9.97 Å². The quantitative estimate of drug-likeness (QED) is 0.598. The second-order valence-corrected chi connectivity index (χ2v) is 8.45. The normalized spacial score (nSPS) is 33.9. The van der Waals surface area contributed by atoms with Gasteiger partial charge < -0.3 is 10.6 Å². The maximum atomic E-state index is 11.7. The van der Waals surface area contributed by atoms with Crippen molar-refractivity contribution in [3.8, 4) is 0 Å². The summed E-state index contributed by atoms with van der Waals surface area (Å²) in [5.41, 5.74) is -0.0276. The lowest BCUT2D eigenvalue weighted by Crippen LogP contribution is -2.55. The predicted octanol–water partition coefficient (Wildman–Crippen LogP) is 3.98. The van der Waals surface area contributed by atoms with E-state index in [0.717, 1.165) is 43.4 Å². The number of aromatic nitrogens is 2. The van der Waals surface area contributed by atoms with Gasteiger partial charge in [0.25, 0.3) is 0 Å². The molecule has 0 aliphatic heterocycles. The standard InChI is InChI=1S/C18H27N5O2/c1-3-11(2)21-16-15(23(24)25)17(20-10-19-16)22-18-7-12-4-13(8-18)6-14(5-12)9-18/h10-14H,3-9H2,1-2H3,(H2,19,20,21,22). The number of rotatable bonds is 6. The number of hydrogen-bond acceptors (Lipinski definition) is 6. The van der Waals surface area contributed by atoms with Crippen LogP contribution in [0.1, 0.15) is 58.8 Å². The third-order valence-corrected chi connectivity index (χ3v) is 6.42. The monoisotopic (exact) mass is 345 g/mol. The molecule has 4 bridgehead atoms. The van der Waals surface area contributed by atoms with Crippen molar-refractivity contribution in [1.82, 2.24) is 9.97 Å². The van der Waals surface area contributed by atoms with Gasteiger partial charge in [-0.15, -0.1) is 0 Å². The van der Waals surface area contributed by atoms with E-state index in [0.29, 0.717) is 11.6 Å². The van der Waals surface area contributed by atoms with Crippen LogP contribution >= 0.6 is 0 Å². The van der Waals surface area contributed by atoms with E-state index >= 15 is 0 Å². The first kappa shape index (κ1) is 16.5. The summed E-state index contributed by atoms with van der Waals surface area (Å²) in [6.45, 7) is 4.04. The Bertz CT molecular complexity index is 642. The molecule has 4 saturated carbocycles. The molecule has 0 spiro atoms. The van der Waals surface area contributed by atoms with E-state index in [9.17, 15) is 10.1 Å². The molecule has 4 aliphatic carbocycles. The number of nitrogens with zero attached hydrogens (tertiary/aromatic N) is 3. The molecular weight excluding hydrogens is 318 g/mol. The summed E-state index contributed by atoms with van der Waals surface area (Å²) in [7, 11) is 0. The topological polar surface area (TPSA) is 93.0 Å². The van der Waals surface area contributed by atoms with Crippen LogP contribution in [-0.4, -0.2) is 26.5 Å². The van der Waals surface area contributed by atoms with Crippen LogP contribution in [-0.2, 0) is 0 Å². The summed E-state index contributed by atoms with van der Waals surface area (Å²) in [6.07, 6.45) is 9.69. The molecule has 2 N–H and O–H groups in total. The van der Waals surface area contributed by atoms with Crippen molar-refractivity contribution in [1.29, 1.82) is 0 Å². The molecule has 4 aliphatic rings. The Morgan fingerprint density at radius 1 is 1.20 bits per heavy atom. The fourth-order valence-corrected chi connectivity index (χ4v) is 5.60. The van der Waals surface area contributed by atoms with E-state index in [2.05, 4.69) is 20.6 Å². The smallest absolute Gasteiger partial charge is 0.353 e. The molecule has 136 valence electrons. The van der Waals surface area contributed by atoms with Crippen LogP contribution in [0, 0.1) is 27.9 Å². The zero-order valence-electron chi connectivity index (χ0n) is 15.0. The van der Waals surface area contributed by atoms with Crippen LogP contribution in [0.15, 0.2) is 6.33 Å². The van der Waals surface area contributed by atoms with Crippen LogP contribution < -0.4 is 10.6 Å². The van der Waals surface area contributed by atoms with E-state index in [1.165, 1.54) is 25.6 Å². The summed E-state index contributed by atoms with van der Waals surface area (Å²) in [5.74, 6) is 3.03. The van der Waals surface area contributed by atoms with Gasteiger partial charge in [-0.2, -0.15) is 0 Å². The first-order valence-corrected chi connectivity index (χ1v) is 9.52. The predicted molar refractivity (Wildman–Crippen MR) is 96.6 cm³/mol. The minimum absolute atomic E-state index is 0.0124. The number of anilines is 2. The Kier molecular flexibility index (Phi) is 4.04. The van der Waals surface area contributed by atoms with Crippen molar-refractivity contribution in [2.45, 2.75) is 70.4 Å². The molecule has 7 heteroatoms. The van der Waals surface area contributed by atoms with Gasteiger partial charge in [0.1, 0.15) is 6.33 Å². The zero-order chi connectivity index (χ0) is 17.6. The van der Waals surface area contributed by atoms with E-state index in [-0.39, 0.29) is 22.2 Å². The first-order chi connectivity index (χ1) is 12.0. The van der Waals surface area contributed by atoms with E-state index in [1.807, 2.05) is 13.8 Å². The van der Waals surface area contributed by atoms with Crippen LogP contribution in [0.25, 0.3) is 0 Å². The Morgan fingerprint density at radius 3 is 2.28 bits per heavy atom. The number of hydrogen-bond donors (Lipinski definition) is 2. The van der Waals surface area contributed by atoms with Gasteiger partial charge in [0, 0.05) is 11.6 Å². The summed E-state index contributed by atoms with van der Waals surface area (Å²) in [4.78, 5) is 19.8. The van der Waals surface area contributed by atoms with Gasteiger partial charge >= 0.3 is 5.69 Å². The zero-order valence-corrected chi connectivity index (χ0v) is 15.0. The molecule has 0 radical (unpaired) electrons. The maximum Gasteiger partial charge on any atom is 0.353 e. The summed E-state index contributed by atoms with van der Waals surface area (Å²) >= 11 is 0. The van der Waals surface area contributed by atoms with Crippen molar-refractivity contribution in [3.63, 3.8) is 0 Å². The average Bonchev–Trinajstić information content (AvgIpc) is 2.52. The lowest BCUT2D eigenvalue weighted by molar-refractivity contribution is -0.383. The minimum Gasteiger partial charge on any atom is -0.362 e. The van der Waals surface area contributed by atoms with Gasteiger partial charge in [-0.3, -0.25) is 10.1 Å². The van der Waals surface area contributed by atoms with Gasteiger partial charge in [0.05, 0.1) is 4.92 Å². The molecule has 25 heavy (non-hydrogen) atoms. The van der Waals surface area contributed by atoms with Gasteiger partial charge in [0.2, 0.25) is 11.6 Å². The highest BCUT2D eigenvalue weighted by Gasteiger charge is 2.51. The molecule has 4 fully saturated rings. The Labute approximate surface area is 148 Å². The van der Waals surface area contributed by atoms with Gasteiger partial charge in [-0.1, -0.05) is 6.92 Å². The highest BCUT2D eigenvalue weighted by atomic mass is 16.6. The fourth-order valence-electron chi connectivity index (χ4n) is 5.60. The molecule has 0 amide bonds. The van der Waals surface area contributed by atoms with E-state index in [4.69, 9.17) is 0 Å². The largest absolute Gasteiger partial charge is 0.362 e. The third kappa shape index (κ3) is 3.04. The van der Waals surface area contributed by atoms with Gasteiger partial charge in [0.15, 0.2) is 0 Å². The minimum atomic E-state index is -0.354. The average molecular weight is 345 g/mol. The molecule has 0 aromatic carbocycles. The molecule has 1 atom stereocenters. The Morgan fingerprint density at radius 2 is 1.76 bits per heavy atom. The SMILES string of the molecule is CCC(C)Nc1ncnc(NC23CC4CC(CC(C4)C2)C3)c1[N+](=O)[O-]. The lowest BCUT2D eigenvalue weighted by Gasteiger charge is -2.57. The Hall–Kier alpha value is -1.92. The van der Waals surface area contributed by atoms with Crippen LogP contribution in [0.2, 0.25) is 0 Å². The van der Waals surface area contributed by atoms with Crippen molar-refractivity contribution in [2.75, 3.05) is 10.6 Å². The summed E-state index contributed by atoms with van der Waals surface area (Å²) < 4.78 is 0. The fraction of sp³-hybridized carbons (Fsp3) is 0.778. The molecule has 1 unspecified atom stereocenters. The molecule has 1 aromatic rings. The van der Waals surface area contributed by atoms with E-state index in [1.54, 1.807) is 0 Å². The molecule has 5 rings (SSSR count). The molecule has 1 heterocycles. The maximum absolute atomic E-state index is 11.7. The first-order valence-electron chi connectivity index (χ1n) is 9.52. The van der Waals surface area contributed by atoms with Crippen molar-refractivity contribution in [2.24, 2.45) is 17.8 Å². The number of nitrogens with one attached hydrogen (secondary N) is 2. The highest BCUT2D eigenvalue weighted by Crippen LogP contribution is 2.56. The summed E-state index contributed by atoms with van der Waals surface area (Å²) in [5, 5.41) is 18.4. The highest BCUT2D eigenvalue weighted by molar-refractivity contribution is 5.70. The second kappa shape index (κ2) is 6.11. The molecule has 0 saturated heterocycles. The molecule has 1 aromatic heterocycles. The van der Waals surface area contributed by atoms with Crippen molar-refractivity contribution >= 4 is 17.3 Å². The Balaban J connectivity index is 1.64. The van der Waals surface area contributed by atoms with Crippen molar-refractivity contribution in [3.05, 3.63) is 16.4 Å².